The van der Waals surface area contributed by atoms with Gasteiger partial charge < -0.3 is 9.84 Å². The van der Waals surface area contributed by atoms with Gasteiger partial charge in [0, 0.05) is 5.56 Å². The van der Waals surface area contributed by atoms with Gasteiger partial charge in [-0.2, -0.15) is 0 Å². The van der Waals surface area contributed by atoms with Gasteiger partial charge in [-0.1, -0.05) is 0 Å². The van der Waals surface area contributed by atoms with Gasteiger partial charge in [-0.3, -0.25) is 4.79 Å². The second kappa shape index (κ2) is 6.42. The quantitative estimate of drug-likeness (QED) is 0.519. The Morgan fingerprint density at radius 2 is 1.30 bits per heavy atom. The van der Waals surface area contributed by atoms with Crippen LogP contribution in [0.25, 0.3) is 0 Å². The van der Waals surface area contributed by atoms with Crippen molar-refractivity contribution in [1.29, 1.82) is 0 Å². The fourth-order valence-electron chi connectivity index (χ4n) is 2.45. The van der Waals surface area contributed by atoms with Crippen LogP contribution in [0.3, 0.4) is 0 Å². The highest BCUT2D eigenvalue weighted by Crippen LogP contribution is 2.28. The molecule has 2 rings (SSSR count). The third-order valence-corrected chi connectivity index (χ3v) is 3.83. The molecule has 0 saturated heterocycles. The van der Waals surface area contributed by atoms with Crippen LogP contribution in [0.2, 0.25) is 0 Å². The van der Waals surface area contributed by atoms with Crippen molar-refractivity contribution in [3.63, 3.8) is 0 Å². The topological polar surface area (TPSA) is 63.6 Å². The Kier molecular flexibility index (Phi) is 4.76. The number of halogens is 1. The molecule has 0 bridgehead atoms. The van der Waals surface area contributed by atoms with Crippen molar-refractivity contribution in [3.05, 3.63) is 57.6 Å². The van der Waals surface area contributed by atoms with Crippen LogP contribution in [0.1, 0.15) is 43.0 Å². The lowest BCUT2D eigenvalue weighted by Gasteiger charge is -2.13. The van der Waals surface area contributed by atoms with E-state index in [9.17, 15) is 14.7 Å². The number of phenols is 1. The van der Waals surface area contributed by atoms with Crippen molar-refractivity contribution < 1.29 is 19.4 Å². The van der Waals surface area contributed by atoms with E-state index in [-0.39, 0.29) is 5.75 Å². The molecular formula is C18H17ClO4. The van der Waals surface area contributed by atoms with Crippen molar-refractivity contribution in [2.75, 3.05) is 0 Å². The maximum absolute atomic E-state index is 12.4. The summed E-state index contributed by atoms with van der Waals surface area (Å²) in [4.78, 5) is 23.6. The largest absolute Gasteiger partial charge is 0.507 e. The SMILES string of the molecule is Cc1cc(C(=O)Oc2c(C)cc(C(=O)Cl)cc2C)cc(C)c1O. The Morgan fingerprint density at radius 3 is 1.74 bits per heavy atom. The number of carbonyl (C=O) groups is 2. The molecule has 0 radical (unpaired) electrons. The third kappa shape index (κ3) is 3.54. The molecule has 2 aromatic carbocycles. The monoisotopic (exact) mass is 332 g/mol. The second-order valence-electron chi connectivity index (χ2n) is 5.56. The Bertz CT molecular complexity index is 763. The molecular weight excluding hydrogens is 316 g/mol. The highest BCUT2D eigenvalue weighted by atomic mass is 35.5. The Labute approximate surface area is 139 Å². The zero-order valence-corrected chi connectivity index (χ0v) is 14.1. The number of rotatable bonds is 3. The summed E-state index contributed by atoms with van der Waals surface area (Å²) in [6, 6.07) is 6.31. The van der Waals surface area contributed by atoms with Gasteiger partial charge in [0.25, 0.3) is 5.24 Å². The van der Waals surface area contributed by atoms with Gasteiger partial charge >= 0.3 is 5.97 Å². The summed E-state index contributed by atoms with van der Waals surface area (Å²) in [5.41, 5.74) is 3.22. The Morgan fingerprint density at radius 1 is 0.870 bits per heavy atom. The third-order valence-electron chi connectivity index (χ3n) is 3.61. The molecule has 0 aliphatic rings. The van der Waals surface area contributed by atoms with E-state index in [1.54, 1.807) is 52.0 Å². The van der Waals surface area contributed by atoms with E-state index >= 15 is 0 Å². The van der Waals surface area contributed by atoms with E-state index in [2.05, 4.69) is 0 Å². The minimum atomic E-state index is -0.557. The summed E-state index contributed by atoms with van der Waals surface area (Å²) in [5.74, 6) is 0.0475. The molecule has 0 amide bonds. The zero-order valence-electron chi connectivity index (χ0n) is 13.4. The maximum Gasteiger partial charge on any atom is 0.343 e. The molecule has 120 valence electrons. The molecule has 0 unspecified atom stereocenters. The summed E-state index contributed by atoms with van der Waals surface area (Å²) < 4.78 is 5.47. The fraction of sp³-hybridized carbons (Fsp3) is 0.222. The lowest BCUT2D eigenvalue weighted by Crippen LogP contribution is -2.11. The molecule has 0 aliphatic heterocycles. The van der Waals surface area contributed by atoms with Gasteiger partial charge in [0.2, 0.25) is 0 Å². The number of aryl methyl sites for hydroxylation is 4. The number of hydrogen-bond donors (Lipinski definition) is 1. The average molecular weight is 333 g/mol. The number of benzene rings is 2. The van der Waals surface area contributed by atoms with Crippen molar-refractivity contribution in [2.45, 2.75) is 27.7 Å². The molecule has 0 aromatic heterocycles. The van der Waals surface area contributed by atoms with Gasteiger partial charge in [0.1, 0.15) is 11.5 Å². The van der Waals surface area contributed by atoms with E-state index in [0.717, 1.165) is 0 Å². The maximum atomic E-state index is 12.4. The first-order chi connectivity index (χ1) is 10.7. The second-order valence-corrected chi connectivity index (χ2v) is 5.90. The van der Waals surface area contributed by atoms with Gasteiger partial charge in [0.05, 0.1) is 5.56 Å². The molecule has 1 N–H and O–H groups in total. The summed E-state index contributed by atoms with van der Waals surface area (Å²) in [5, 5.41) is 9.22. The molecule has 0 saturated carbocycles. The molecule has 0 aliphatic carbocycles. The summed E-state index contributed by atoms with van der Waals surface area (Å²) in [6.07, 6.45) is 0. The minimum Gasteiger partial charge on any atom is -0.507 e. The van der Waals surface area contributed by atoms with E-state index in [1.807, 2.05) is 0 Å². The number of hydrogen-bond acceptors (Lipinski definition) is 4. The molecule has 0 spiro atoms. The number of carbonyl (C=O) groups excluding carboxylic acids is 2. The molecule has 4 nitrogen and oxygen atoms in total. The molecule has 0 heterocycles. The average Bonchev–Trinajstić information content (AvgIpc) is 2.47. The summed E-state index contributed by atoms with van der Waals surface area (Å²) in [7, 11) is 0. The molecule has 0 fully saturated rings. The predicted octanol–water partition coefficient (Wildman–Crippen LogP) is 4.22. The van der Waals surface area contributed by atoms with Crippen LogP contribution in [-0.4, -0.2) is 16.3 Å². The minimum absolute atomic E-state index is 0.166. The van der Waals surface area contributed by atoms with Crippen LogP contribution in [0.15, 0.2) is 24.3 Å². The summed E-state index contributed by atoms with van der Waals surface area (Å²) in [6.45, 7) is 6.92. The number of aromatic hydroxyl groups is 1. The van der Waals surface area contributed by atoms with E-state index in [0.29, 0.717) is 39.1 Å². The van der Waals surface area contributed by atoms with Crippen molar-refractivity contribution in [3.8, 4) is 11.5 Å². The van der Waals surface area contributed by atoms with E-state index in [4.69, 9.17) is 16.3 Å². The first-order valence-corrected chi connectivity index (χ1v) is 7.42. The van der Waals surface area contributed by atoms with Gasteiger partial charge in [0.15, 0.2) is 0 Å². The highest BCUT2D eigenvalue weighted by molar-refractivity contribution is 6.67. The zero-order chi connectivity index (χ0) is 17.3. The van der Waals surface area contributed by atoms with Crippen LogP contribution in [-0.2, 0) is 0 Å². The lowest BCUT2D eigenvalue weighted by atomic mass is 10.0. The van der Waals surface area contributed by atoms with Gasteiger partial charge in [-0.25, -0.2) is 4.79 Å². The van der Waals surface area contributed by atoms with E-state index < -0.39 is 11.2 Å². The summed E-state index contributed by atoms with van der Waals surface area (Å²) >= 11 is 5.48. The normalized spacial score (nSPS) is 10.5. The molecule has 2 aromatic rings. The van der Waals surface area contributed by atoms with Crippen LogP contribution < -0.4 is 4.74 Å². The number of ether oxygens (including phenoxy) is 1. The van der Waals surface area contributed by atoms with Crippen molar-refractivity contribution in [1.82, 2.24) is 0 Å². The standard InChI is InChI=1S/C18H17ClO4/c1-9-5-14(6-10(2)15(9)20)18(22)23-16-11(3)7-13(17(19)21)8-12(16)4/h5-8,20H,1-4H3. The Hall–Kier alpha value is -2.33. The predicted molar refractivity (Wildman–Crippen MR) is 88.6 cm³/mol. The van der Waals surface area contributed by atoms with Crippen molar-refractivity contribution >= 4 is 22.8 Å². The smallest absolute Gasteiger partial charge is 0.343 e. The number of phenolic OH excluding ortho intramolecular Hbond substituents is 1. The first kappa shape index (κ1) is 17.0. The van der Waals surface area contributed by atoms with E-state index in [1.165, 1.54) is 0 Å². The lowest BCUT2D eigenvalue weighted by molar-refractivity contribution is 0.0732. The number of esters is 1. The van der Waals surface area contributed by atoms with Crippen LogP contribution in [0, 0.1) is 27.7 Å². The fourth-order valence-corrected chi connectivity index (χ4v) is 2.56. The molecule has 5 heteroatoms. The van der Waals surface area contributed by atoms with Crippen LogP contribution >= 0.6 is 11.6 Å². The van der Waals surface area contributed by atoms with Crippen LogP contribution in [0.4, 0.5) is 0 Å². The Balaban J connectivity index is 2.36. The van der Waals surface area contributed by atoms with Gasteiger partial charge in [-0.05, 0) is 85.8 Å². The van der Waals surface area contributed by atoms with Crippen LogP contribution in [0.5, 0.6) is 11.5 Å². The highest BCUT2D eigenvalue weighted by Gasteiger charge is 2.16. The first-order valence-electron chi connectivity index (χ1n) is 7.04. The molecule has 0 atom stereocenters. The van der Waals surface area contributed by atoms with Gasteiger partial charge in [-0.15, -0.1) is 0 Å². The van der Waals surface area contributed by atoms with Crippen molar-refractivity contribution in [2.24, 2.45) is 0 Å². The molecule has 23 heavy (non-hydrogen) atoms.